The zero-order valence-corrected chi connectivity index (χ0v) is 41.5. The van der Waals surface area contributed by atoms with Crippen LogP contribution >= 0.6 is 0 Å². The molecule has 0 spiro atoms. The average molecular weight is 969 g/mol. The molecule has 1 aliphatic rings. The summed E-state index contributed by atoms with van der Waals surface area (Å²) >= 11 is 0. The zero-order chi connectivity index (χ0) is 50.8. The molecule has 5 rings (SSSR count). The molecule has 2 aromatic heterocycles. The summed E-state index contributed by atoms with van der Waals surface area (Å²) < 4.78 is 11.0. The maximum Gasteiger partial charge on any atom is 0.408 e. The van der Waals surface area contributed by atoms with Gasteiger partial charge in [0.1, 0.15) is 35.5 Å². The number of likely N-dealkylation sites (N-methyl/N-ethyl adjacent to an activating group) is 1. The predicted molar refractivity (Wildman–Crippen MR) is 262 cm³/mol. The van der Waals surface area contributed by atoms with Crippen molar-refractivity contribution in [3.8, 4) is 0 Å². The van der Waals surface area contributed by atoms with Gasteiger partial charge < -0.3 is 56.0 Å². The highest BCUT2D eigenvalue weighted by molar-refractivity contribution is 5.92. The minimum Gasteiger partial charge on any atom is -0.444 e. The smallest absolute Gasteiger partial charge is 0.408 e. The number of nitrogens with zero attached hydrogens (tertiary/aromatic N) is 3. The van der Waals surface area contributed by atoms with Crippen molar-refractivity contribution in [2.75, 3.05) is 7.05 Å². The molecule has 0 aliphatic heterocycles. The van der Waals surface area contributed by atoms with Gasteiger partial charge in [0.25, 0.3) is 0 Å². The predicted octanol–water partition coefficient (Wildman–Crippen LogP) is 4.78. The van der Waals surface area contributed by atoms with E-state index in [-0.39, 0.29) is 31.6 Å². The van der Waals surface area contributed by atoms with Crippen LogP contribution in [0.25, 0.3) is 0 Å². The number of aromatic amines is 2. The van der Waals surface area contributed by atoms with Crippen LogP contribution in [-0.2, 0) is 54.3 Å². The van der Waals surface area contributed by atoms with E-state index >= 15 is 0 Å². The van der Waals surface area contributed by atoms with Crippen molar-refractivity contribution in [3.63, 3.8) is 0 Å². The molecule has 6 atom stereocenters. The van der Waals surface area contributed by atoms with Gasteiger partial charge >= 0.3 is 12.2 Å². The Morgan fingerprint density at radius 2 is 1.10 bits per heavy atom. The Morgan fingerprint density at radius 3 is 1.57 bits per heavy atom. The number of nitrogens with one attached hydrogen (secondary N) is 7. The van der Waals surface area contributed by atoms with Crippen LogP contribution in [-0.4, -0.2) is 120 Å². The lowest BCUT2D eigenvalue weighted by molar-refractivity contribution is -0.137. The van der Waals surface area contributed by atoms with E-state index in [0.717, 1.165) is 43.2 Å². The number of hydrogen-bond acceptors (Lipinski definition) is 11. The number of aliphatic hydroxyl groups is 1. The first kappa shape index (κ1) is 54.2. The number of carbonyl (C=O) groups is 6. The zero-order valence-electron chi connectivity index (χ0n) is 41.5. The summed E-state index contributed by atoms with van der Waals surface area (Å²) in [6.45, 7) is 10.3. The van der Waals surface area contributed by atoms with Crippen LogP contribution in [0.2, 0.25) is 0 Å². The summed E-state index contributed by atoms with van der Waals surface area (Å²) in [5.41, 5.74) is 1.01. The van der Waals surface area contributed by atoms with E-state index in [0.29, 0.717) is 17.8 Å². The second-order valence-electron chi connectivity index (χ2n) is 20.1. The molecule has 19 heteroatoms. The molecule has 6 amide bonds. The number of amides is 6. The number of benzene rings is 2. The summed E-state index contributed by atoms with van der Waals surface area (Å²) in [7, 11) is 1.51. The topological polar surface area (TPSA) is 262 Å². The lowest BCUT2D eigenvalue weighted by Gasteiger charge is -2.34. The molecular formula is C51H72N10O9. The van der Waals surface area contributed by atoms with E-state index < -0.39 is 89.9 Å². The number of alkyl carbamates (subject to hydrolysis) is 2. The van der Waals surface area contributed by atoms with Crippen LogP contribution in [0.15, 0.2) is 85.7 Å². The highest BCUT2D eigenvalue weighted by Gasteiger charge is 2.35. The third-order valence-corrected chi connectivity index (χ3v) is 11.8. The standard InChI is InChI=1S/C51H72N10O9/c1-50(2,3)69-48(67)58-39(24-34-19-13-9-14-20-34)45(64)57-41(26-36-29-52-31-54-36)46(65)56-38(23-33-17-11-8-12-18-33)42(62)28-44(63)61(7)43(27-37-30-53-32-55-37)60-47(66)40(25-35-21-15-10-16-22-35)59-49(68)70-51(4,5)6/h9-10,13-16,19-22,29-33,38-43,62H,8,11-12,17-18,23-28H2,1-7H3,(H,52,54)(H,53,55)(H,56,65)(H,57,64)(H,58,67)(H,59,68)(H,60,66)/t38-,39-,40-,41-,42-,43-/m0/s1. The first-order chi connectivity index (χ1) is 33.2. The largest absolute Gasteiger partial charge is 0.444 e. The highest BCUT2D eigenvalue weighted by Crippen LogP contribution is 2.29. The number of carbonyl (C=O) groups excluding carboxylic acids is 6. The van der Waals surface area contributed by atoms with E-state index in [1.165, 1.54) is 30.8 Å². The minimum atomic E-state index is -1.40. The summed E-state index contributed by atoms with van der Waals surface area (Å²) in [5, 5.41) is 26.2. The molecule has 70 heavy (non-hydrogen) atoms. The molecular weight excluding hydrogens is 897 g/mol. The summed E-state index contributed by atoms with van der Waals surface area (Å²) in [4.78, 5) is 98.8. The summed E-state index contributed by atoms with van der Waals surface area (Å²) in [5.74, 6) is -2.25. The number of imidazole rings is 2. The molecule has 0 bridgehead atoms. The molecule has 1 fully saturated rings. The first-order valence-corrected chi connectivity index (χ1v) is 24.1. The van der Waals surface area contributed by atoms with E-state index in [9.17, 15) is 33.9 Å². The number of hydrogen-bond donors (Lipinski definition) is 8. The lowest BCUT2D eigenvalue weighted by atomic mass is 9.83. The van der Waals surface area contributed by atoms with Gasteiger partial charge in [0.2, 0.25) is 23.6 Å². The maximum atomic E-state index is 14.6. The fourth-order valence-electron chi connectivity index (χ4n) is 8.29. The van der Waals surface area contributed by atoms with Gasteiger partial charge in [-0.2, -0.15) is 0 Å². The Hall–Kier alpha value is -6.76. The van der Waals surface area contributed by atoms with E-state index in [1.54, 1.807) is 47.7 Å². The second kappa shape index (κ2) is 25.7. The monoisotopic (exact) mass is 969 g/mol. The molecule has 1 saturated carbocycles. The highest BCUT2D eigenvalue weighted by atomic mass is 16.6. The SMILES string of the molecule is CN(C(=O)C[C@H](O)[C@H](CC1CCCCC1)NC(=O)[C@H](Cc1cnc[nH]1)NC(=O)[C@H](Cc1ccccc1)NC(=O)OC(C)(C)C)[C@@H](Cc1cnc[nH]1)NC(=O)[C@H](Cc1ccccc1)NC(=O)OC(C)(C)C. The maximum absolute atomic E-state index is 14.6. The molecule has 380 valence electrons. The Morgan fingerprint density at radius 1 is 0.643 bits per heavy atom. The minimum absolute atomic E-state index is 0.0149. The van der Waals surface area contributed by atoms with Crippen molar-refractivity contribution in [1.82, 2.24) is 51.4 Å². The van der Waals surface area contributed by atoms with Crippen molar-refractivity contribution in [3.05, 3.63) is 108 Å². The molecule has 2 heterocycles. The van der Waals surface area contributed by atoms with Crippen LogP contribution in [0, 0.1) is 5.92 Å². The normalized spacial score (nSPS) is 15.7. The average Bonchev–Trinajstić information content (AvgIpc) is 4.02. The fraction of sp³-hybridized carbons (Fsp3) is 0.529. The Balaban J connectivity index is 1.37. The van der Waals surface area contributed by atoms with Crippen LogP contribution < -0.4 is 26.6 Å². The van der Waals surface area contributed by atoms with Gasteiger partial charge in [-0.15, -0.1) is 0 Å². The van der Waals surface area contributed by atoms with Crippen molar-refractivity contribution < 1.29 is 43.3 Å². The molecule has 0 saturated heterocycles. The molecule has 4 aromatic rings. The van der Waals surface area contributed by atoms with Gasteiger partial charge in [-0.25, -0.2) is 19.6 Å². The van der Waals surface area contributed by atoms with Gasteiger partial charge in [-0.1, -0.05) is 92.8 Å². The molecule has 8 N–H and O–H groups in total. The van der Waals surface area contributed by atoms with Crippen molar-refractivity contribution >= 4 is 35.8 Å². The van der Waals surface area contributed by atoms with E-state index in [4.69, 9.17) is 9.47 Å². The van der Waals surface area contributed by atoms with Crippen molar-refractivity contribution in [1.29, 1.82) is 0 Å². The second-order valence-corrected chi connectivity index (χ2v) is 20.1. The molecule has 19 nitrogen and oxygen atoms in total. The number of aliphatic hydroxyl groups excluding tert-OH is 1. The van der Waals surface area contributed by atoms with Crippen LogP contribution in [0.5, 0.6) is 0 Å². The summed E-state index contributed by atoms with van der Waals surface area (Å²) in [6.07, 6.45) is 7.06. The van der Waals surface area contributed by atoms with Gasteiger partial charge in [-0.05, 0) is 65.0 Å². The molecule has 0 radical (unpaired) electrons. The Labute approximate surface area is 410 Å². The van der Waals surface area contributed by atoms with E-state index in [1.807, 2.05) is 60.7 Å². The Kier molecular flexibility index (Phi) is 19.9. The quantitative estimate of drug-likeness (QED) is 0.0497. The third-order valence-electron chi connectivity index (χ3n) is 11.8. The Bertz CT molecular complexity index is 2260. The van der Waals surface area contributed by atoms with Crippen LogP contribution in [0.4, 0.5) is 9.59 Å². The van der Waals surface area contributed by atoms with Gasteiger partial charge in [0.15, 0.2) is 0 Å². The number of ether oxygens (including phenoxy) is 2. The van der Waals surface area contributed by atoms with Crippen molar-refractivity contribution in [2.45, 2.75) is 160 Å². The van der Waals surface area contributed by atoms with Crippen molar-refractivity contribution in [2.24, 2.45) is 5.92 Å². The van der Waals surface area contributed by atoms with E-state index in [2.05, 4.69) is 46.5 Å². The summed E-state index contributed by atoms with van der Waals surface area (Å²) in [6, 6.07) is 13.9. The first-order valence-electron chi connectivity index (χ1n) is 24.1. The van der Waals surface area contributed by atoms with Gasteiger partial charge in [0, 0.05) is 56.5 Å². The third kappa shape index (κ3) is 18.6. The lowest BCUT2D eigenvalue weighted by Crippen LogP contribution is -2.58. The number of rotatable bonds is 22. The van der Waals surface area contributed by atoms with Gasteiger partial charge in [-0.3, -0.25) is 19.2 Å². The van der Waals surface area contributed by atoms with Crippen LogP contribution in [0.3, 0.4) is 0 Å². The fourth-order valence-corrected chi connectivity index (χ4v) is 8.29. The van der Waals surface area contributed by atoms with Crippen LogP contribution in [0.1, 0.15) is 109 Å². The van der Waals surface area contributed by atoms with Gasteiger partial charge in [0.05, 0.1) is 31.2 Å². The molecule has 2 aromatic carbocycles. The molecule has 0 unspecified atom stereocenters. The number of H-pyrrole nitrogens is 2. The number of aromatic nitrogens is 4. The molecule has 1 aliphatic carbocycles.